The van der Waals surface area contributed by atoms with Gasteiger partial charge in [0.05, 0.1) is 5.56 Å². The molecule has 0 atom stereocenters. The summed E-state index contributed by atoms with van der Waals surface area (Å²) < 4.78 is 24.7. The molecular formula is C7H5F2IN2O. The Morgan fingerprint density at radius 1 is 1.62 bits per heavy atom. The molecule has 13 heavy (non-hydrogen) atoms. The molecule has 70 valence electrons. The number of hydrogen-bond donors (Lipinski definition) is 1. The number of alkyl halides is 2. The van der Waals surface area contributed by atoms with Gasteiger partial charge in [-0.15, -0.1) is 0 Å². The Kier molecular flexibility index (Phi) is 3.12. The van der Waals surface area contributed by atoms with E-state index in [1.165, 1.54) is 6.20 Å². The van der Waals surface area contributed by atoms with Crippen LogP contribution in [0, 0.1) is 3.57 Å². The van der Waals surface area contributed by atoms with Crippen molar-refractivity contribution < 1.29 is 13.6 Å². The third-order valence-electron chi connectivity index (χ3n) is 1.37. The van der Waals surface area contributed by atoms with E-state index in [1.54, 1.807) is 0 Å². The van der Waals surface area contributed by atoms with E-state index in [4.69, 9.17) is 5.73 Å². The largest absolute Gasteiger partial charge is 0.366 e. The molecule has 0 aliphatic rings. The van der Waals surface area contributed by atoms with Crippen LogP contribution in [0.2, 0.25) is 0 Å². The van der Waals surface area contributed by atoms with Crippen LogP contribution >= 0.6 is 22.6 Å². The molecule has 1 heterocycles. The highest BCUT2D eigenvalue weighted by atomic mass is 127. The second-order valence-corrected chi connectivity index (χ2v) is 3.42. The van der Waals surface area contributed by atoms with Crippen molar-refractivity contribution in [3.8, 4) is 0 Å². The number of nitrogens with two attached hydrogens (primary N) is 1. The summed E-state index contributed by atoms with van der Waals surface area (Å²) in [5.74, 6) is -0.728. The number of carbonyl (C=O) groups excluding carboxylic acids is 1. The lowest BCUT2D eigenvalue weighted by molar-refractivity contribution is 0.0998. The first-order valence-electron chi connectivity index (χ1n) is 3.25. The minimum atomic E-state index is -2.69. The van der Waals surface area contributed by atoms with E-state index < -0.39 is 18.0 Å². The van der Waals surface area contributed by atoms with Gasteiger partial charge in [-0.3, -0.25) is 9.78 Å². The normalized spacial score (nSPS) is 10.5. The van der Waals surface area contributed by atoms with Crippen LogP contribution in [0.3, 0.4) is 0 Å². The number of nitrogens with zero attached hydrogens (tertiary/aromatic N) is 1. The summed E-state index contributed by atoms with van der Waals surface area (Å²) in [6, 6.07) is 1.01. The Morgan fingerprint density at radius 2 is 2.23 bits per heavy atom. The highest BCUT2D eigenvalue weighted by molar-refractivity contribution is 14.1. The van der Waals surface area contributed by atoms with E-state index in [0.29, 0.717) is 3.57 Å². The second kappa shape index (κ2) is 3.95. The smallest absolute Gasteiger partial charge is 0.280 e. The molecule has 0 spiro atoms. The van der Waals surface area contributed by atoms with Gasteiger partial charge in [0.1, 0.15) is 5.69 Å². The van der Waals surface area contributed by atoms with E-state index in [0.717, 1.165) is 6.07 Å². The van der Waals surface area contributed by atoms with Gasteiger partial charge in [0.15, 0.2) is 0 Å². The highest BCUT2D eigenvalue weighted by Gasteiger charge is 2.13. The zero-order chi connectivity index (χ0) is 10.0. The molecule has 1 rings (SSSR count). The summed E-state index contributed by atoms with van der Waals surface area (Å²) in [5, 5.41) is 0. The van der Waals surface area contributed by atoms with Gasteiger partial charge in [0.2, 0.25) is 5.91 Å². The van der Waals surface area contributed by atoms with Gasteiger partial charge in [0, 0.05) is 9.77 Å². The second-order valence-electron chi connectivity index (χ2n) is 2.25. The Balaban J connectivity index is 3.19. The van der Waals surface area contributed by atoms with E-state index in [-0.39, 0.29) is 5.56 Å². The van der Waals surface area contributed by atoms with Gasteiger partial charge in [0.25, 0.3) is 6.43 Å². The number of rotatable bonds is 2. The van der Waals surface area contributed by atoms with Crippen molar-refractivity contribution in [1.82, 2.24) is 4.98 Å². The summed E-state index contributed by atoms with van der Waals surface area (Å²) >= 11 is 1.81. The standard InChI is InChI=1S/C7H5F2IN2O/c8-6(9)5-1-3(7(11)13)4(10)2-12-5/h1-2,6H,(H2,11,13). The third kappa shape index (κ3) is 2.33. The van der Waals surface area contributed by atoms with Crippen molar-refractivity contribution >= 4 is 28.5 Å². The molecule has 1 amide bonds. The lowest BCUT2D eigenvalue weighted by atomic mass is 10.2. The van der Waals surface area contributed by atoms with Crippen LogP contribution in [-0.2, 0) is 0 Å². The van der Waals surface area contributed by atoms with Crippen molar-refractivity contribution in [2.45, 2.75) is 6.43 Å². The van der Waals surface area contributed by atoms with Crippen LogP contribution in [0.1, 0.15) is 22.5 Å². The van der Waals surface area contributed by atoms with Crippen molar-refractivity contribution in [1.29, 1.82) is 0 Å². The first-order valence-corrected chi connectivity index (χ1v) is 4.33. The van der Waals surface area contributed by atoms with Crippen molar-refractivity contribution in [2.24, 2.45) is 5.73 Å². The van der Waals surface area contributed by atoms with Gasteiger partial charge in [-0.2, -0.15) is 0 Å². The van der Waals surface area contributed by atoms with E-state index in [2.05, 4.69) is 4.98 Å². The minimum absolute atomic E-state index is 0.0749. The highest BCUT2D eigenvalue weighted by Crippen LogP contribution is 2.19. The fourth-order valence-corrected chi connectivity index (χ4v) is 1.32. The molecule has 0 bridgehead atoms. The zero-order valence-electron chi connectivity index (χ0n) is 6.30. The Bertz CT molecular complexity index is 343. The topological polar surface area (TPSA) is 56.0 Å². The molecule has 2 N–H and O–H groups in total. The molecular weight excluding hydrogens is 293 g/mol. The van der Waals surface area contributed by atoms with Gasteiger partial charge in [-0.05, 0) is 28.7 Å². The lowest BCUT2D eigenvalue weighted by Gasteiger charge is -2.02. The fourth-order valence-electron chi connectivity index (χ4n) is 0.763. The van der Waals surface area contributed by atoms with Gasteiger partial charge < -0.3 is 5.73 Å². The van der Waals surface area contributed by atoms with Gasteiger partial charge >= 0.3 is 0 Å². The monoisotopic (exact) mass is 298 g/mol. The number of amides is 1. The number of pyridine rings is 1. The molecule has 1 aromatic heterocycles. The maximum atomic E-state index is 12.1. The van der Waals surface area contributed by atoms with E-state index in [1.807, 2.05) is 22.6 Å². The molecule has 0 aromatic carbocycles. The number of carbonyl (C=O) groups is 1. The number of primary amides is 1. The van der Waals surface area contributed by atoms with Crippen LogP contribution < -0.4 is 5.73 Å². The Morgan fingerprint density at radius 3 is 2.69 bits per heavy atom. The molecule has 0 saturated heterocycles. The van der Waals surface area contributed by atoms with Crippen LogP contribution in [0.25, 0.3) is 0 Å². The summed E-state index contributed by atoms with van der Waals surface area (Å²) in [7, 11) is 0. The third-order valence-corrected chi connectivity index (χ3v) is 2.23. The number of hydrogen-bond acceptors (Lipinski definition) is 2. The average molecular weight is 298 g/mol. The van der Waals surface area contributed by atoms with E-state index in [9.17, 15) is 13.6 Å². The van der Waals surface area contributed by atoms with Crippen molar-refractivity contribution in [3.63, 3.8) is 0 Å². The predicted octanol–water partition coefficient (Wildman–Crippen LogP) is 1.72. The molecule has 0 unspecified atom stereocenters. The van der Waals surface area contributed by atoms with Crippen molar-refractivity contribution in [2.75, 3.05) is 0 Å². The number of halogens is 3. The fraction of sp³-hybridized carbons (Fsp3) is 0.143. The molecule has 0 saturated carbocycles. The molecule has 0 aliphatic heterocycles. The van der Waals surface area contributed by atoms with Gasteiger partial charge in [-0.1, -0.05) is 0 Å². The molecule has 0 fully saturated rings. The van der Waals surface area contributed by atoms with E-state index >= 15 is 0 Å². The molecule has 6 heteroatoms. The molecule has 0 radical (unpaired) electrons. The SMILES string of the molecule is NC(=O)c1cc(C(F)F)ncc1I. The van der Waals surface area contributed by atoms with Crippen LogP contribution in [-0.4, -0.2) is 10.9 Å². The summed E-state index contributed by atoms with van der Waals surface area (Å²) in [4.78, 5) is 14.2. The zero-order valence-corrected chi connectivity index (χ0v) is 8.46. The lowest BCUT2D eigenvalue weighted by Crippen LogP contribution is -2.13. The van der Waals surface area contributed by atoms with Gasteiger partial charge in [-0.25, -0.2) is 8.78 Å². The average Bonchev–Trinajstić information content (AvgIpc) is 2.04. The Labute approximate surface area is 86.5 Å². The summed E-state index contributed by atoms with van der Waals surface area (Å²) in [5.41, 5.74) is 4.61. The number of aromatic nitrogens is 1. The molecule has 0 aliphatic carbocycles. The quantitative estimate of drug-likeness (QED) is 0.845. The first kappa shape index (κ1) is 10.3. The van der Waals surface area contributed by atoms with Crippen molar-refractivity contribution in [3.05, 3.63) is 27.1 Å². The predicted molar refractivity (Wildman–Crippen MR) is 50.4 cm³/mol. The minimum Gasteiger partial charge on any atom is -0.366 e. The maximum absolute atomic E-state index is 12.1. The first-order chi connectivity index (χ1) is 6.02. The maximum Gasteiger partial charge on any atom is 0.280 e. The summed E-state index contributed by atoms with van der Waals surface area (Å²) in [6.07, 6.45) is -1.49. The summed E-state index contributed by atoms with van der Waals surface area (Å²) in [6.45, 7) is 0. The van der Waals surface area contributed by atoms with Crippen LogP contribution in [0.15, 0.2) is 12.3 Å². The molecule has 1 aromatic rings. The van der Waals surface area contributed by atoms with Crippen LogP contribution in [0.5, 0.6) is 0 Å². The van der Waals surface area contributed by atoms with Crippen LogP contribution in [0.4, 0.5) is 8.78 Å². The Hall–Kier alpha value is -0.790. The molecule has 3 nitrogen and oxygen atoms in total.